The highest BCUT2D eigenvalue weighted by Gasteiger charge is 2.62. The van der Waals surface area contributed by atoms with Gasteiger partial charge in [-0.15, -0.1) is 0 Å². The number of aliphatic hydroxyl groups is 2. The lowest BCUT2D eigenvalue weighted by atomic mass is 9.73. The Balaban J connectivity index is 1.74. The number of aliphatic hydroxyl groups excluding tert-OH is 1. The van der Waals surface area contributed by atoms with Crippen LogP contribution in [-0.4, -0.2) is 124 Å². The molecular weight excluding hydrogens is 701 g/mol. The van der Waals surface area contributed by atoms with Gasteiger partial charge in [0.25, 0.3) is 5.67 Å². The normalized spacial score (nSPS) is 40.1. The van der Waals surface area contributed by atoms with Gasteiger partial charge in [-0.25, -0.2) is 24.4 Å². The molecule has 0 bridgehead atoms. The number of rotatable bonds is 9. The Bertz CT molecular complexity index is 1520. The molecule has 3 aliphatic rings. The van der Waals surface area contributed by atoms with E-state index in [0.29, 0.717) is 13.0 Å². The summed E-state index contributed by atoms with van der Waals surface area (Å²) in [4.78, 5) is 57.7. The molecule has 1 amide bonds. The minimum absolute atomic E-state index is 0.0486. The number of ether oxygens (including phenoxy) is 4. The Morgan fingerprint density at radius 1 is 1.06 bits per heavy atom. The molecule has 3 aliphatic heterocycles. The first kappa shape index (κ1) is 43.5. The Labute approximate surface area is 318 Å². The van der Waals surface area contributed by atoms with Crippen LogP contribution in [0.25, 0.3) is 6.08 Å². The largest absolute Gasteiger partial charge is 0.455 e. The van der Waals surface area contributed by atoms with E-state index in [9.17, 15) is 29.4 Å². The van der Waals surface area contributed by atoms with Crippen LogP contribution in [-0.2, 0) is 33.3 Å². The molecule has 54 heavy (non-hydrogen) atoms. The summed E-state index contributed by atoms with van der Waals surface area (Å²) in [5.41, 5.74) is -2.92. The van der Waals surface area contributed by atoms with Crippen molar-refractivity contribution in [3.8, 4) is 0 Å². The number of ketones is 2. The van der Waals surface area contributed by atoms with E-state index in [1.54, 1.807) is 26.8 Å². The van der Waals surface area contributed by atoms with Gasteiger partial charge in [-0.2, -0.15) is 0 Å². The van der Waals surface area contributed by atoms with E-state index in [1.165, 1.54) is 25.8 Å². The number of alkyl halides is 1. The third-order valence-electron chi connectivity index (χ3n) is 11.5. The molecule has 3 saturated heterocycles. The molecule has 0 spiro atoms. The quantitative estimate of drug-likeness (QED) is 0.243. The van der Waals surface area contributed by atoms with E-state index >= 15 is 4.39 Å². The number of likely N-dealkylation sites (N-methyl/N-ethyl adjacent to an activating group) is 1. The maximum Gasteiger partial charge on any atom is 0.425 e. The third kappa shape index (κ3) is 8.89. The van der Waals surface area contributed by atoms with Crippen LogP contribution in [0.5, 0.6) is 0 Å². The van der Waals surface area contributed by atoms with Crippen LogP contribution in [0.3, 0.4) is 0 Å². The van der Waals surface area contributed by atoms with E-state index in [1.807, 2.05) is 62.2 Å². The molecule has 302 valence electrons. The Morgan fingerprint density at radius 3 is 2.31 bits per heavy atom. The predicted octanol–water partition coefficient (Wildman–Crippen LogP) is 4.24. The van der Waals surface area contributed by atoms with Crippen LogP contribution in [0.4, 0.5) is 9.18 Å². The van der Waals surface area contributed by atoms with Gasteiger partial charge >= 0.3 is 12.1 Å². The molecule has 3 N–H and O–H groups in total. The first-order chi connectivity index (χ1) is 25.2. The summed E-state index contributed by atoms with van der Waals surface area (Å²) in [5.74, 6) is -6.45. The number of nitrogens with zero attached hydrogens (tertiary/aromatic N) is 2. The second kappa shape index (κ2) is 17.3. The van der Waals surface area contributed by atoms with Crippen LogP contribution < -0.4 is 5.43 Å². The molecular formula is C40H60FN3O10. The number of hydrogen-bond acceptors (Lipinski definition) is 12. The van der Waals surface area contributed by atoms with E-state index in [0.717, 1.165) is 12.5 Å². The molecule has 2 unspecified atom stereocenters. The zero-order valence-electron chi connectivity index (χ0n) is 33.3. The van der Waals surface area contributed by atoms with Gasteiger partial charge in [0, 0.05) is 30.3 Å². The van der Waals surface area contributed by atoms with Crippen molar-refractivity contribution in [2.24, 2.45) is 17.8 Å². The van der Waals surface area contributed by atoms with Crippen molar-refractivity contribution in [1.82, 2.24) is 15.3 Å². The molecule has 3 heterocycles. The molecule has 14 heteroatoms. The third-order valence-corrected chi connectivity index (χ3v) is 11.5. The lowest BCUT2D eigenvalue weighted by Gasteiger charge is -2.46. The summed E-state index contributed by atoms with van der Waals surface area (Å²) >= 11 is 0. The molecule has 1 aromatic rings. The molecule has 0 radical (unpaired) electrons. The number of halogens is 1. The van der Waals surface area contributed by atoms with Gasteiger partial charge < -0.3 is 34.1 Å². The summed E-state index contributed by atoms with van der Waals surface area (Å²) in [6.45, 7) is 14.4. The van der Waals surface area contributed by atoms with Gasteiger partial charge in [0.2, 0.25) is 0 Å². The number of amides is 1. The topological polar surface area (TPSA) is 164 Å². The SMILES string of the molecule is CC[C@H]1OC(=O)[C@@](C)(F)C(=O)[C@H](C)[C@@H](OC2O[C@H](C)C[C@H](N(C)CC)[C@H]2O)[C@](C)(O)C[C@@H](C)C(=O)[C@H](C)C2N(NC/C=C/c3ccccc3)C(=O)O[C@@]21C. The van der Waals surface area contributed by atoms with Crippen molar-refractivity contribution in [1.29, 1.82) is 0 Å². The zero-order valence-corrected chi connectivity index (χ0v) is 33.3. The molecule has 4 rings (SSSR count). The molecule has 0 saturated carbocycles. The highest BCUT2D eigenvalue weighted by atomic mass is 19.1. The smallest absolute Gasteiger partial charge is 0.425 e. The van der Waals surface area contributed by atoms with Gasteiger partial charge in [0.1, 0.15) is 24.0 Å². The minimum Gasteiger partial charge on any atom is -0.455 e. The average molecular weight is 762 g/mol. The first-order valence-corrected chi connectivity index (χ1v) is 19.1. The summed E-state index contributed by atoms with van der Waals surface area (Å²) in [6, 6.07) is 8.06. The lowest BCUT2D eigenvalue weighted by Crippen LogP contribution is -2.62. The summed E-state index contributed by atoms with van der Waals surface area (Å²) in [6.07, 6.45) is -2.64. The van der Waals surface area contributed by atoms with Crippen LogP contribution in [0, 0.1) is 17.8 Å². The Morgan fingerprint density at radius 2 is 1.70 bits per heavy atom. The fourth-order valence-electron chi connectivity index (χ4n) is 8.43. The number of benzene rings is 1. The first-order valence-electron chi connectivity index (χ1n) is 19.1. The zero-order chi connectivity index (χ0) is 40.3. The Kier molecular flexibility index (Phi) is 13.9. The lowest BCUT2D eigenvalue weighted by molar-refractivity contribution is -0.294. The summed E-state index contributed by atoms with van der Waals surface area (Å²) < 4.78 is 40.6. The second-order valence-corrected chi connectivity index (χ2v) is 15.9. The molecule has 13 atom stereocenters. The average Bonchev–Trinajstić information content (AvgIpc) is 3.39. The van der Waals surface area contributed by atoms with Crippen molar-refractivity contribution in [3.63, 3.8) is 0 Å². The molecule has 3 fully saturated rings. The summed E-state index contributed by atoms with van der Waals surface area (Å²) in [7, 11) is 1.84. The molecule has 0 aromatic heterocycles. The van der Waals surface area contributed by atoms with Gasteiger partial charge in [0.05, 0.1) is 17.8 Å². The number of carbonyl (C=O) groups excluding carboxylic acids is 4. The monoisotopic (exact) mass is 761 g/mol. The van der Waals surface area contributed by atoms with E-state index in [-0.39, 0.29) is 37.3 Å². The number of cyclic esters (lactones) is 1. The van der Waals surface area contributed by atoms with E-state index in [4.69, 9.17) is 18.9 Å². The maximum absolute atomic E-state index is 16.7. The van der Waals surface area contributed by atoms with Gasteiger partial charge in [-0.05, 0) is 66.1 Å². The Hall–Kier alpha value is -3.27. The highest BCUT2D eigenvalue weighted by molar-refractivity contribution is 6.08. The molecule has 1 aromatic carbocycles. The number of esters is 1. The fourth-order valence-corrected chi connectivity index (χ4v) is 8.43. The second-order valence-electron chi connectivity index (χ2n) is 15.9. The van der Waals surface area contributed by atoms with Gasteiger partial charge in [-0.3, -0.25) is 9.59 Å². The van der Waals surface area contributed by atoms with Gasteiger partial charge in [0.15, 0.2) is 17.7 Å². The van der Waals surface area contributed by atoms with E-state index < -0.39 is 83.1 Å². The number of carbonyl (C=O) groups is 4. The number of fused-ring (bicyclic) bond motifs is 1. The predicted molar refractivity (Wildman–Crippen MR) is 198 cm³/mol. The number of hydrazine groups is 1. The van der Waals surface area contributed by atoms with Crippen molar-refractivity contribution < 1.29 is 52.7 Å². The fraction of sp³-hybridized carbons (Fsp3) is 0.700. The number of hydrogen-bond donors (Lipinski definition) is 3. The van der Waals surface area contributed by atoms with E-state index in [2.05, 4.69) is 5.43 Å². The van der Waals surface area contributed by atoms with Crippen LogP contribution in [0.2, 0.25) is 0 Å². The van der Waals surface area contributed by atoms with Crippen LogP contribution >= 0.6 is 0 Å². The van der Waals surface area contributed by atoms with Crippen LogP contribution in [0.1, 0.15) is 87.1 Å². The number of nitrogens with one attached hydrogen (secondary N) is 1. The maximum atomic E-state index is 16.7. The van der Waals surface area contributed by atoms with Crippen molar-refractivity contribution >= 4 is 29.7 Å². The van der Waals surface area contributed by atoms with Crippen molar-refractivity contribution in [2.75, 3.05) is 20.1 Å². The van der Waals surface area contributed by atoms with Crippen molar-refractivity contribution in [2.45, 2.75) is 141 Å². The molecule has 0 aliphatic carbocycles. The number of Topliss-reactive ketones (excluding diaryl/α,β-unsaturated/α-hetero) is 2. The van der Waals surface area contributed by atoms with Gasteiger partial charge in [-0.1, -0.05) is 77.1 Å². The standard InChI is InChI=1S/C40H60FN3O10/c1-11-29-40(9)32(44(37(49)54-40)42-20-16-19-27-17-14-13-15-18-27)25(5)30(45)23(3)22-38(7,50)34(26(6)33(47)39(8,41)36(48)52-29)53-35-31(46)28(43(10)12-2)21-24(4)51-35/h13-19,23-26,28-29,31-32,34-35,42,46,50H,11-12,20-22H2,1-10H3/b19-16+/t23-,24-,25+,26+,28+,29-,31-,32?,34-,35?,38-,39+,40-/m1/s1. The minimum atomic E-state index is -3.24. The van der Waals surface area contributed by atoms with Crippen molar-refractivity contribution in [3.05, 3.63) is 42.0 Å². The highest BCUT2D eigenvalue weighted by Crippen LogP contribution is 2.42. The van der Waals surface area contributed by atoms with Crippen LogP contribution in [0.15, 0.2) is 36.4 Å². The summed E-state index contributed by atoms with van der Waals surface area (Å²) in [5, 5.41) is 24.8. The molecule has 13 nitrogen and oxygen atoms in total.